The molecule has 3 fully saturated rings. The summed E-state index contributed by atoms with van der Waals surface area (Å²) < 4.78 is 37.8. The van der Waals surface area contributed by atoms with Crippen LogP contribution in [0.2, 0.25) is 0 Å². The molecule has 16 atom stereocenters. The number of hydrogen-bond acceptors (Lipinski definition) is 20. The molecular formula is C29H46N2O21. The third-order valence-electron chi connectivity index (χ3n) is 8.41. The van der Waals surface area contributed by atoms with Crippen LogP contribution in [0.3, 0.4) is 0 Å². The van der Waals surface area contributed by atoms with Gasteiger partial charge in [-0.05, 0) is 0 Å². The fourth-order valence-electron chi connectivity index (χ4n) is 6.08. The highest BCUT2D eigenvalue weighted by Crippen LogP contribution is 2.38. The van der Waals surface area contributed by atoms with Crippen molar-refractivity contribution in [1.29, 1.82) is 0 Å². The van der Waals surface area contributed by atoms with E-state index < -0.39 is 154 Å². The maximum absolute atomic E-state index is 12.9. The summed E-state index contributed by atoms with van der Waals surface area (Å²) in [4.78, 5) is 60.2. The molecule has 23 nitrogen and oxygen atoms in total. The number of nitrogens with one attached hydrogen (secondary N) is 2. The Morgan fingerprint density at radius 3 is 1.92 bits per heavy atom. The molecule has 3 aliphatic rings. The van der Waals surface area contributed by atoms with Gasteiger partial charge in [-0.2, -0.15) is 0 Å². The zero-order valence-electron chi connectivity index (χ0n) is 28.4. The van der Waals surface area contributed by atoms with Crippen molar-refractivity contribution >= 4 is 29.7 Å². The minimum Gasteiger partial charge on any atom is -0.477 e. The number of aliphatic hydroxyl groups excluding tert-OH is 8. The Labute approximate surface area is 295 Å². The van der Waals surface area contributed by atoms with Crippen LogP contribution in [0.25, 0.3) is 0 Å². The maximum atomic E-state index is 12.9. The molecule has 0 spiro atoms. The first-order valence-electron chi connectivity index (χ1n) is 16.0. The van der Waals surface area contributed by atoms with Gasteiger partial charge in [0.05, 0.1) is 25.4 Å². The van der Waals surface area contributed by atoms with Crippen LogP contribution in [0.15, 0.2) is 0 Å². The summed E-state index contributed by atoms with van der Waals surface area (Å²) in [5, 5.41) is 101. The van der Waals surface area contributed by atoms with E-state index in [1.54, 1.807) is 0 Å². The van der Waals surface area contributed by atoms with E-state index in [4.69, 9.17) is 33.2 Å². The van der Waals surface area contributed by atoms with Crippen molar-refractivity contribution in [1.82, 2.24) is 10.6 Å². The van der Waals surface area contributed by atoms with Crippen molar-refractivity contribution in [3.63, 3.8) is 0 Å². The van der Waals surface area contributed by atoms with Crippen LogP contribution in [-0.4, -0.2) is 193 Å². The number of aliphatic carboxylic acids is 1. The van der Waals surface area contributed by atoms with Gasteiger partial charge in [0.15, 0.2) is 18.7 Å². The lowest BCUT2D eigenvalue weighted by atomic mass is 9.87. The van der Waals surface area contributed by atoms with Crippen LogP contribution in [0.5, 0.6) is 0 Å². The summed E-state index contributed by atoms with van der Waals surface area (Å²) in [7, 11) is 0. The normalized spacial score (nSPS) is 39.0. The molecule has 0 radical (unpaired) electrons. The molecule has 3 saturated heterocycles. The first-order valence-corrected chi connectivity index (χ1v) is 16.0. The van der Waals surface area contributed by atoms with E-state index in [1.165, 1.54) is 0 Å². The number of ether oxygens (including phenoxy) is 7. The van der Waals surface area contributed by atoms with E-state index in [9.17, 15) is 69.9 Å². The summed E-state index contributed by atoms with van der Waals surface area (Å²) in [6.07, 6.45) is -26.1. The molecule has 0 bridgehead atoms. The minimum atomic E-state index is -3.12. The van der Waals surface area contributed by atoms with Crippen LogP contribution in [0.4, 0.5) is 0 Å². The molecule has 2 amide bonds. The highest BCUT2D eigenvalue weighted by molar-refractivity contribution is 5.77. The first-order chi connectivity index (χ1) is 24.3. The molecular weight excluding hydrogens is 712 g/mol. The Morgan fingerprint density at radius 2 is 1.40 bits per heavy atom. The van der Waals surface area contributed by atoms with Gasteiger partial charge in [-0.1, -0.05) is 0 Å². The van der Waals surface area contributed by atoms with Gasteiger partial charge in [0, 0.05) is 34.1 Å². The maximum Gasteiger partial charge on any atom is 0.364 e. The van der Waals surface area contributed by atoms with Crippen molar-refractivity contribution in [2.75, 3.05) is 19.8 Å². The van der Waals surface area contributed by atoms with Crippen molar-refractivity contribution in [3.8, 4) is 0 Å². The van der Waals surface area contributed by atoms with Crippen molar-refractivity contribution in [3.05, 3.63) is 0 Å². The Bertz CT molecular complexity index is 1270. The molecule has 0 saturated carbocycles. The highest BCUT2D eigenvalue weighted by atomic mass is 16.8. The van der Waals surface area contributed by atoms with Gasteiger partial charge < -0.3 is 89.8 Å². The second kappa shape index (κ2) is 18.2. The van der Waals surface area contributed by atoms with E-state index in [1.807, 2.05) is 0 Å². The van der Waals surface area contributed by atoms with Crippen LogP contribution in [0.1, 0.15) is 34.1 Å². The van der Waals surface area contributed by atoms with E-state index in [0.717, 1.165) is 27.7 Å². The third-order valence-corrected chi connectivity index (χ3v) is 8.41. The summed E-state index contributed by atoms with van der Waals surface area (Å²) in [5.41, 5.74) is 0. The first kappa shape index (κ1) is 43.2. The van der Waals surface area contributed by atoms with Gasteiger partial charge in [-0.3, -0.25) is 19.2 Å². The number of rotatable bonds is 14. The largest absolute Gasteiger partial charge is 0.477 e. The van der Waals surface area contributed by atoms with E-state index in [-0.39, 0.29) is 0 Å². The van der Waals surface area contributed by atoms with Gasteiger partial charge in [0.25, 0.3) is 5.79 Å². The van der Waals surface area contributed by atoms with Crippen LogP contribution < -0.4 is 10.6 Å². The number of hydrogen-bond donors (Lipinski definition) is 11. The number of carboxylic acid groups (broad SMARTS) is 1. The van der Waals surface area contributed by atoms with Crippen LogP contribution in [0, 0.1) is 0 Å². The molecule has 23 heteroatoms. The Kier molecular flexibility index (Phi) is 15.2. The average Bonchev–Trinajstić information content (AvgIpc) is 3.05. The van der Waals surface area contributed by atoms with Crippen LogP contribution in [-0.2, 0) is 57.1 Å². The third kappa shape index (κ3) is 10.1. The van der Waals surface area contributed by atoms with Gasteiger partial charge in [-0.25, -0.2) is 4.79 Å². The van der Waals surface area contributed by atoms with E-state index >= 15 is 0 Å². The monoisotopic (exact) mass is 758 g/mol. The number of aliphatic hydroxyl groups is 8. The smallest absolute Gasteiger partial charge is 0.364 e. The Hall–Kier alpha value is -3.17. The Morgan fingerprint density at radius 1 is 0.808 bits per heavy atom. The molecule has 3 rings (SSSR count). The average molecular weight is 759 g/mol. The molecule has 11 N–H and O–H groups in total. The van der Waals surface area contributed by atoms with Gasteiger partial charge in [0.1, 0.15) is 67.6 Å². The zero-order valence-corrected chi connectivity index (χ0v) is 28.4. The number of carbonyl (C=O) groups is 5. The predicted molar refractivity (Wildman–Crippen MR) is 161 cm³/mol. The van der Waals surface area contributed by atoms with Gasteiger partial charge in [-0.15, -0.1) is 0 Å². The topological polar surface area (TPSA) is 356 Å². The molecule has 0 aromatic rings. The second-order valence-corrected chi connectivity index (χ2v) is 12.4. The van der Waals surface area contributed by atoms with Crippen molar-refractivity contribution in [2.45, 2.75) is 132 Å². The molecule has 0 unspecified atom stereocenters. The molecule has 52 heavy (non-hydrogen) atoms. The lowest BCUT2D eigenvalue weighted by molar-refractivity contribution is -0.382. The minimum absolute atomic E-state index is 0.707. The quantitative estimate of drug-likeness (QED) is 0.0733. The van der Waals surface area contributed by atoms with E-state index in [2.05, 4.69) is 10.6 Å². The lowest BCUT2D eigenvalue weighted by Crippen LogP contribution is -2.71. The number of carbonyl (C=O) groups excluding carboxylic acids is 4. The molecule has 3 aliphatic heterocycles. The molecule has 0 aromatic heterocycles. The lowest BCUT2D eigenvalue weighted by Gasteiger charge is -2.51. The van der Waals surface area contributed by atoms with E-state index in [0.29, 0.717) is 0 Å². The molecule has 298 valence electrons. The summed E-state index contributed by atoms with van der Waals surface area (Å²) in [5.74, 6) is -8.56. The SMILES string of the molecule is CC(=O)N[C@@H]1[C@@H](O)[C@H](O[C@@H]2O[C@H](CO)[C@H](O)[C@H](O[C@]3(C(=O)O)C[C@H](O)[C@@H](NC(C)=O)[C@H]([C@H](OC(C)=O)[C@H](O)COC(C)=O)O3)[C@H]2O)[C@@H](CO)O[C@H]1O. The Balaban J connectivity index is 2.02. The summed E-state index contributed by atoms with van der Waals surface area (Å²) in [6.45, 7) is 1.25. The summed E-state index contributed by atoms with van der Waals surface area (Å²) >= 11 is 0. The molecule has 0 aromatic carbocycles. The number of esters is 2. The van der Waals surface area contributed by atoms with Gasteiger partial charge in [0.2, 0.25) is 11.8 Å². The second-order valence-electron chi connectivity index (χ2n) is 12.4. The predicted octanol–water partition coefficient (Wildman–Crippen LogP) is -6.94. The van der Waals surface area contributed by atoms with Gasteiger partial charge >= 0.3 is 17.9 Å². The zero-order chi connectivity index (χ0) is 39.2. The number of carboxylic acids is 1. The van der Waals surface area contributed by atoms with Crippen LogP contribution >= 0.6 is 0 Å². The molecule has 0 aliphatic carbocycles. The fraction of sp³-hybridized carbons (Fsp3) is 0.828. The van der Waals surface area contributed by atoms with Crippen molar-refractivity contribution in [2.24, 2.45) is 0 Å². The molecule has 3 heterocycles. The highest BCUT2D eigenvalue weighted by Gasteiger charge is 2.60. The number of amides is 2. The fourth-order valence-corrected chi connectivity index (χ4v) is 6.08. The van der Waals surface area contributed by atoms with Crippen molar-refractivity contribution < 1.29 is 103 Å². The standard InChI is InChI=1S/C29H46N2O21/c1-9(34)30-17-13(38)5-29(28(44)45,51-24(17)22(47-12(4)37)14(39)8-46-11(3)36)52-25-19(40)15(6-32)49-27(21(25)42)50-23-16(7-33)48-26(43)18(20(23)41)31-10(2)35/h13-27,32-33,38-43H,5-8H2,1-4H3,(H,30,34)(H,31,35)(H,44,45)/t13-,14+,15+,16+,17+,18+,19-,20+,21+,22+,23+,24+,25-,26+,27-,29-/m0/s1. The summed E-state index contributed by atoms with van der Waals surface area (Å²) in [6, 6.07) is -3.15.